The van der Waals surface area contributed by atoms with E-state index in [1.165, 1.54) is 24.5 Å². The summed E-state index contributed by atoms with van der Waals surface area (Å²) in [6.45, 7) is 8.09. The largest absolute Gasteiger partial charge is 0.490 e. The summed E-state index contributed by atoms with van der Waals surface area (Å²) >= 11 is 0. The van der Waals surface area contributed by atoms with Crippen molar-refractivity contribution >= 4 is 11.7 Å². The van der Waals surface area contributed by atoms with Crippen LogP contribution in [0.15, 0.2) is 43.0 Å². The summed E-state index contributed by atoms with van der Waals surface area (Å²) in [5.41, 5.74) is 2.42. The average Bonchev–Trinajstić information content (AvgIpc) is 3.53. The number of halogens is 1. The topological polar surface area (TPSA) is 102 Å². The van der Waals surface area contributed by atoms with Gasteiger partial charge in [-0.1, -0.05) is 0 Å². The lowest BCUT2D eigenvalue weighted by Crippen LogP contribution is -2.45. The van der Waals surface area contributed by atoms with E-state index in [9.17, 15) is 9.18 Å². The molecule has 0 spiro atoms. The Balaban J connectivity index is 1.17. The zero-order valence-corrected chi connectivity index (χ0v) is 24.1. The van der Waals surface area contributed by atoms with E-state index >= 15 is 0 Å². The molecule has 2 aromatic heterocycles. The van der Waals surface area contributed by atoms with Crippen molar-refractivity contribution < 1.29 is 23.4 Å². The molecule has 1 amide bonds. The first-order chi connectivity index (χ1) is 20.5. The molecule has 6 rings (SSSR count). The van der Waals surface area contributed by atoms with E-state index in [-0.39, 0.29) is 35.4 Å². The lowest BCUT2D eigenvalue weighted by Gasteiger charge is -2.34. The summed E-state index contributed by atoms with van der Waals surface area (Å²) in [5.74, 6) is 1.41. The molecular weight excluding hydrogens is 539 g/mol. The quantitative estimate of drug-likeness (QED) is 0.424. The fourth-order valence-electron chi connectivity index (χ4n) is 6.02. The van der Waals surface area contributed by atoms with Gasteiger partial charge in [0.1, 0.15) is 29.7 Å². The average molecular weight is 577 g/mol. The number of hydrogen-bond donors (Lipinski definition) is 1. The van der Waals surface area contributed by atoms with Gasteiger partial charge in [0.25, 0.3) is 5.91 Å². The maximum Gasteiger partial charge on any atom is 0.258 e. The van der Waals surface area contributed by atoms with Crippen LogP contribution < -0.4 is 19.7 Å². The van der Waals surface area contributed by atoms with Crippen LogP contribution >= 0.6 is 0 Å². The Kier molecular flexibility index (Phi) is 8.48. The van der Waals surface area contributed by atoms with E-state index in [0.717, 1.165) is 55.8 Å². The summed E-state index contributed by atoms with van der Waals surface area (Å²) in [6, 6.07) is 5.83. The standard InChI is InChI=1S/C31H37FN6O4/c1-20(2)38(22-9-14-40-18-22)31(39)24-15-21(32)3-4-27(24)42-29-17-34-19-36-30(29)37-12-7-23(8-13-37)41-28-6-11-35-26-5-10-33-16-25(26)28/h3-4,6,11,15,17,19-20,22-23,33H,5,7-10,12-14,16,18H2,1-2H3/t22-/m1/s1. The first-order valence-corrected chi connectivity index (χ1v) is 14.7. The number of carbonyl (C=O) groups is 1. The zero-order valence-electron chi connectivity index (χ0n) is 24.1. The molecule has 3 aliphatic heterocycles. The molecule has 3 aliphatic rings. The Morgan fingerprint density at radius 3 is 2.79 bits per heavy atom. The molecule has 2 saturated heterocycles. The van der Waals surface area contributed by atoms with Crippen LogP contribution in [0.5, 0.6) is 17.2 Å². The molecule has 0 unspecified atom stereocenters. The minimum Gasteiger partial charge on any atom is -0.490 e. The van der Waals surface area contributed by atoms with Crippen molar-refractivity contribution in [1.82, 2.24) is 25.2 Å². The number of amides is 1. The molecule has 1 N–H and O–H groups in total. The molecule has 3 aromatic rings. The van der Waals surface area contributed by atoms with Crippen LogP contribution in [0.4, 0.5) is 10.2 Å². The number of aromatic nitrogens is 3. The van der Waals surface area contributed by atoms with Crippen LogP contribution in [-0.4, -0.2) is 76.8 Å². The van der Waals surface area contributed by atoms with Gasteiger partial charge in [-0.3, -0.25) is 9.78 Å². The lowest BCUT2D eigenvalue weighted by atomic mass is 10.0. The number of ether oxygens (including phenoxy) is 3. The Morgan fingerprint density at radius 2 is 2.00 bits per heavy atom. The number of nitrogens with one attached hydrogen (secondary N) is 1. The third kappa shape index (κ3) is 6.03. The van der Waals surface area contributed by atoms with Crippen LogP contribution in [0.3, 0.4) is 0 Å². The van der Waals surface area contributed by atoms with Gasteiger partial charge < -0.3 is 29.3 Å². The molecule has 0 radical (unpaired) electrons. The van der Waals surface area contributed by atoms with Crippen LogP contribution in [-0.2, 0) is 17.7 Å². The second kappa shape index (κ2) is 12.6. The maximum atomic E-state index is 14.4. The van der Waals surface area contributed by atoms with E-state index in [0.29, 0.717) is 37.9 Å². The van der Waals surface area contributed by atoms with Gasteiger partial charge >= 0.3 is 0 Å². The van der Waals surface area contributed by atoms with Crippen molar-refractivity contribution in [2.24, 2.45) is 0 Å². The Morgan fingerprint density at radius 1 is 1.14 bits per heavy atom. The van der Waals surface area contributed by atoms with E-state index < -0.39 is 5.82 Å². The van der Waals surface area contributed by atoms with Gasteiger partial charge in [0.05, 0.1) is 24.4 Å². The van der Waals surface area contributed by atoms with E-state index in [1.54, 1.807) is 11.1 Å². The molecule has 0 saturated carbocycles. The SMILES string of the molecule is CC(C)N(C(=O)c1cc(F)ccc1Oc1cncnc1N1CCC(Oc2ccnc3c2CNCC3)CC1)[C@@H]1CCOC1. The monoisotopic (exact) mass is 576 g/mol. The predicted octanol–water partition coefficient (Wildman–Crippen LogP) is 4.14. The molecule has 222 valence electrons. The number of carbonyl (C=O) groups excluding carboxylic acids is 1. The summed E-state index contributed by atoms with van der Waals surface area (Å²) in [6.07, 6.45) is 8.24. The number of hydrogen-bond acceptors (Lipinski definition) is 9. The van der Waals surface area contributed by atoms with Gasteiger partial charge in [0.15, 0.2) is 11.6 Å². The summed E-state index contributed by atoms with van der Waals surface area (Å²) in [5, 5.41) is 3.41. The fourth-order valence-corrected chi connectivity index (χ4v) is 6.02. The second-order valence-corrected chi connectivity index (χ2v) is 11.2. The predicted molar refractivity (Wildman–Crippen MR) is 155 cm³/mol. The van der Waals surface area contributed by atoms with Gasteiger partial charge in [-0.15, -0.1) is 0 Å². The first kappa shape index (κ1) is 28.3. The summed E-state index contributed by atoms with van der Waals surface area (Å²) in [4.78, 5) is 30.9. The van der Waals surface area contributed by atoms with Crippen molar-refractivity contribution in [2.45, 2.75) is 64.3 Å². The molecular formula is C31H37FN6O4. The van der Waals surface area contributed by atoms with Crippen molar-refractivity contribution in [1.29, 1.82) is 0 Å². The number of nitrogens with zero attached hydrogens (tertiary/aromatic N) is 5. The van der Waals surface area contributed by atoms with Crippen LogP contribution in [0.1, 0.15) is 54.7 Å². The highest BCUT2D eigenvalue weighted by atomic mass is 19.1. The molecule has 5 heterocycles. The van der Waals surface area contributed by atoms with Gasteiger partial charge in [0, 0.05) is 75.5 Å². The van der Waals surface area contributed by atoms with Gasteiger partial charge in [-0.05, 0) is 44.5 Å². The van der Waals surface area contributed by atoms with Crippen LogP contribution in [0, 0.1) is 5.82 Å². The molecule has 0 bridgehead atoms. The number of anilines is 1. The van der Waals surface area contributed by atoms with Gasteiger partial charge in [-0.25, -0.2) is 14.4 Å². The third-order valence-corrected chi connectivity index (χ3v) is 8.12. The number of rotatable bonds is 8. The molecule has 1 aromatic carbocycles. The van der Waals surface area contributed by atoms with Crippen molar-refractivity contribution in [3.8, 4) is 17.2 Å². The van der Waals surface area contributed by atoms with Crippen LogP contribution in [0.25, 0.3) is 0 Å². The van der Waals surface area contributed by atoms with Crippen molar-refractivity contribution in [3.63, 3.8) is 0 Å². The molecule has 0 aliphatic carbocycles. The van der Waals surface area contributed by atoms with E-state index in [2.05, 4.69) is 25.2 Å². The smallest absolute Gasteiger partial charge is 0.258 e. The minimum atomic E-state index is -0.505. The molecule has 42 heavy (non-hydrogen) atoms. The molecule has 2 fully saturated rings. The Hall–Kier alpha value is -3.83. The Labute approximate surface area is 245 Å². The van der Waals surface area contributed by atoms with E-state index in [1.807, 2.05) is 26.1 Å². The summed E-state index contributed by atoms with van der Waals surface area (Å²) < 4.78 is 32.7. The number of piperidine rings is 1. The number of benzene rings is 1. The van der Waals surface area contributed by atoms with Gasteiger partial charge in [0.2, 0.25) is 0 Å². The fraction of sp³-hybridized carbons (Fsp3) is 0.484. The summed E-state index contributed by atoms with van der Waals surface area (Å²) in [7, 11) is 0. The second-order valence-electron chi connectivity index (χ2n) is 11.2. The zero-order chi connectivity index (χ0) is 29.1. The highest BCUT2D eigenvalue weighted by Crippen LogP contribution is 2.35. The first-order valence-electron chi connectivity index (χ1n) is 14.7. The highest BCUT2D eigenvalue weighted by molar-refractivity contribution is 5.97. The van der Waals surface area contributed by atoms with E-state index in [4.69, 9.17) is 14.2 Å². The number of fused-ring (bicyclic) bond motifs is 1. The van der Waals surface area contributed by atoms with Gasteiger partial charge in [-0.2, -0.15) is 0 Å². The Bertz CT molecular complexity index is 1410. The maximum absolute atomic E-state index is 14.4. The van der Waals surface area contributed by atoms with Crippen molar-refractivity contribution in [3.05, 3.63) is 65.6 Å². The minimum absolute atomic E-state index is 0.0679. The molecule has 10 nitrogen and oxygen atoms in total. The van der Waals surface area contributed by atoms with Crippen LogP contribution in [0.2, 0.25) is 0 Å². The highest BCUT2D eigenvalue weighted by Gasteiger charge is 2.32. The third-order valence-electron chi connectivity index (χ3n) is 8.12. The molecule has 11 heteroatoms. The number of pyridine rings is 1. The lowest BCUT2D eigenvalue weighted by molar-refractivity contribution is 0.0578. The van der Waals surface area contributed by atoms with Crippen molar-refractivity contribution in [2.75, 3.05) is 37.7 Å². The molecule has 1 atom stereocenters. The normalized spacial score (nSPS) is 19.0.